The SMILES string of the molecule is CCOc1cccc(-c2nc(=S)c3c([nH]2)Oc2c(cccc2OC)C3)c1O. The number of para-hydroxylation sites is 2. The van der Waals surface area contributed by atoms with E-state index in [0.717, 1.165) is 11.1 Å². The molecule has 0 radical (unpaired) electrons. The summed E-state index contributed by atoms with van der Waals surface area (Å²) < 4.78 is 17.3. The van der Waals surface area contributed by atoms with Crippen molar-refractivity contribution in [1.82, 2.24) is 9.97 Å². The first-order valence-electron chi connectivity index (χ1n) is 8.54. The minimum atomic E-state index is 0.00578. The zero-order chi connectivity index (χ0) is 19.0. The van der Waals surface area contributed by atoms with E-state index in [1.165, 1.54) is 0 Å². The van der Waals surface area contributed by atoms with Crippen LogP contribution in [0.2, 0.25) is 0 Å². The van der Waals surface area contributed by atoms with Crippen LogP contribution in [0.5, 0.6) is 28.9 Å². The molecule has 1 aliphatic heterocycles. The highest BCUT2D eigenvalue weighted by Crippen LogP contribution is 2.43. The molecule has 0 amide bonds. The van der Waals surface area contributed by atoms with E-state index < -0.39 is 0 Å². The van der Waals surface area contributed by atoms with Crippen LogP contribution in [0, 0.1) is 4.64 Å². The van der Waals surface area contributed by atoms with Crippen molar-refractivity contribution in [3.8, 4) is 40.3 Å². The van der Waals surface area contributed by atoms with Crippen LogP contribution in [0.1, 0.15) is 18.1 Å². The monoisotopic (exact) mass is 382 g/mol. The molecule has 0 unspecified atom stereocenters. The standard InChI is InChI=1S/C20H18N2O4S/c1-3-25-14-8-5-7-12(16(14)23)18-21-19-13(20(27)22-18)10-11-6-4-9-15(24-2)17(11)26-19/h4-9,23H,3,10H2,1-2H3,(H,21,22,27). The van der Waals surface area contributed by atoms with Gasteiger partial charge in [-0.1, -0.05) is 30.4 Å². The number of H-pyrrole nitrogens is 1. The largest absolute Gasteiger partial charge is 0.504 e. The van der Waals surface area contributed by atoms with E-state index in [1.54, 1.807) is 25.3 Å². The van der Waals surface area contributed by atoms with E-state index in [9.17, 15) is 5.11 Å². The zero-order valence-electron chi connectivity index (χ0n) is 14.9. The Morgan fingerprint density at radius 1 is 1.22 bits per heavy atom. The molecule has 0 atom stereocenters. The molecule has 7 heteroatoms. The van der Waals surface area contributed by atoms with E-state index >= 15 is 0 Å². The molecule has 2 heterocycles. The topological polar surface area (TPSA) is 76.6 Å². The average Bonchev–Trinajstić information content (AvgIpc) is 2.68. The van der Waals surface area contributed by atoms with Crippen LogP contribution in [-0.2, 0) is 6.42 Å². The van der Waals surface area contributed by atoms with Crippen LogP contribution >= 0.6 is 12.2 Å². The second-order valence-electron chi connectivity index (χ2n) is 6.01. The molecule has 27 heavy (non-hydrogen) atoms. The molecule has 0 spiro atoms. The lowest BCUT2D eigenvalue weighted by Crippen LogP contribution is -2.09. The fraction of sp³-hybridized carbons (Fsp3) is 0.200. The van der Waals surface area contributed by atoms with Gasteiger partial charge in [-0.2, -0.15) is 0 Å². The van der Waals surface area contributed by atoms with Gasteiger partial charge >= 0.3 is 0 Å². The minimum absolute atomic E-state index is 0.00578. The predicted molar refractivity (Wildman–Crippen MR) is 104 cm³/mol. The second kappa shape index (κ2) is 6.92. The number of hydrogen-bond donors (Lipinski definition) is 2. The number of ether oxygens (including phenoxy) is 3. The Bertz CT molecular complexity index is 1080. The summed E-state index contributed by atoms with van der Waals surface area (Å²) in [6.45, 7) is 2.31. The summed E-state index contributed by atoms with van der Waals surface area (Å²) in [6.07, 6.45) is 0.593. The number of nitrogens with zero attached hydrogens (tertiary/aromatic N) is 1. The maximum Gasteiger partial charge on any atom is 0.205 e. The number of rotatable bonds is 4. The number of phenolic OH excluding ortho intramolecular Hbond substituents is 1. The molecule has 0 saturated heterocycles. The lowest BCUT2D eigenvalue weighted by Gasteiger charge is -2.22. The first-order chi connectivity index (χ1) is 13.1. The Balaban J connectivity index is 1.82. The number of fused-ring (bicyclic) bond motifs is 2. The van der Waals surface area contributed by atoms with Crippen LogP contribution in [-0.4, -0.2) is 28.8 Å². The van der Waals surface area contributed by atoms with Gasteiger partial charge in [-0.25, -0.2) is 4.98 Å². The number of aromatic nitrogens is 2. The fourth-order valence-corrected chi connectivity index (χ4v) is 3.36. The molecule has 2 aromatic carbocycles. The Morgan fingerprint density at radius 2 is 2.00 bits per heavy atom. The number of aromatic hydroxyl groups is 1. The Kier molecular flexibility index (Phi) is 4.45. The highest BCUT2D eigenvalue weighted by Gasteiger charge is 2.24. The quantitative estimate of drug-likeness (QED) is 0.502. The number of benzene rings is 2. The normalized spacial score (nSPS) is 11.9. The average molecular weight is 382 g/mol. The summed E-state index contributed by atoms with van der Waals surface area (Å²) in [5.41, 5.74) is 2.27. The molecule has 3 aromatic rings. The molecule has 138 valence electrons. The first kappa shape index (κ1) is 17.4. The van der Waals surface area contributed by atoms with Gasteiger partial charge in [0, 0.05) is 12.0 Å². The Morgan fingerprint density at radius 3 is 2.78 bits per heavy atom. The number of methoxy groups -OCH3 is 1. The van der Waals surface area contributed by atoms with Gasteiger partial charge in [0.05, 0.1) is 24.8 Å². The Labute approximate surface area is 161 Å². The van der Waals surface area contributed by atoms with Crippen LogP contribution < -0.4 is 14.2 Å². The van der Waals surface area contributed by atoms with Crippen molar-refractivity contribution in [3.63, 3.8) is 0 Å². The molecule has 0 aliphatic carbocycles. The van der Waals surface area contributed by atoms with E-state index in [0.29, 0.717) is 52.2 Å². The van der Waals surface area contributed by atoms with Gasteiger partial charge in [0.15, 0.2) is 23.0 Å². The van der Waals surface area contributed by atoms with Gasteiger partial charge in [-0.15, -0.1) is 0 Å². The highest BCUT2D eigenvalue weighted by atomic mass is 32.1. The van der Waals surface area contributed by atoms with Gasteiger partial charge < -0.3 is 24.3 Å². The van der Waals surface area contributed by atoms with Crippen LogP contribution in [0.15, 0.2) is 36.4 Å². The second-order valence-corrected chi connectivity index (χ2v) is 6.40. The molecule has 0 bridgehead atoms. The summed E-state index contributed by atoms with van der Waals surface area (Å²) in [6, 6.07) is 11.0. The molecule has 1 aromatic heterocycles. The number of hydrogen-bond acceptors (Lipinski definition) is 6. The van der Waals surface area contributed by atoms with E-state index in [2.05, 4.69) is 9.97 Å². The number of phenols is 1. The van der Waals surface area contributed by atoms with Crippen molar-refractivity contribution in [3.05, 3.63) is 52.2 Å². The number of aromatic amines is 1. The summed E-state index contributed by atoms with van der Waals surface area (Å²) >= 11 is 5.49. The first-order valence-corrected chi connectivity index (χ1v) is 8.95. The molecule has 2 N–H and O–H groups in total. The van der Waals surface area contributed by atoms with Crippen LogP contribution in [0.3, 0.4) is 0 Å². The van der Waals surface area contributed by atoms with E-state index in [1.807, 2.05) is 25.1 Å². The van der Waals surface area contributed by atoms with Crippen molar-refractivity contribution in [2.45, 2.75) is 13.3 Å². The van der Waals surface area contributed by atoms with Crippen LogP contribution in [0.25, 0.3) is 11.4 Å². The van der Waals surface area contributed by atoms with Crippen molar-refractivity contribution in [2.24, 2.45) is 0 Å². The van der Waals surface area contributed by atoms with E-state index in [4.69, 9.17) is 26.4 Å². The van der Waals surface area contributed by atoms with Crippen molar-refractivity contribution in [2.75, 3.05) is 13.7 Å². The van der Waals surface area contributed by atoms with E-state index in [-0.39, 0.29) is 5.75 Å². The third-order valence-electron chi connectivity index (χ3n) is 4.38. The molecular weight excluding hydrogens is 364 g/mol. The molecule has 4 rings (SSSR count). The maximum absolute atomic E-state index is 10.5. The van der Waals surface area contributed by atoms with Crippen molar-refractivity contribution >= 4 is 12.2 Å². The van der Waals surface area contributed by atoms with Gasteiger partial charge in [-0.05, 0) is 25.1 Å². The third-order valence-corrected chi connectivity index (χ3v) is 4.72. The van der Waals surface area contributed by atoms with Crippen molar-refractivity contribution in [1.29, 1.82) is 0 Å². The summed E-state index contributed by atoms with van der Waals surface area (Å²) in [5, 5.41) is 10.5. The van der Waals surface area contributed by atoms with Gasteiger partial charge in [0.25, 0.3) is 0 Å². The molecule has 6 nitrogen and oxygen atoms in total. The molecule has 0 fully saturated rings. The smallest absolute Gasteiger partial charge is 0.205 e. The summed E-state index contributed by atoms with van der Waals surface area (Å²) in [7, 11) is 1.60. The maximum atomic E-state index is 10.5. The van der Waals surface area contributed by atoms with Gasteiger partial charge in [-0.3, -0.25) is 0 Å². The van der Waals surface area contributed by atoms with Gasteiger partial charge in [0.1, 0.15) is 10.5 Å². The zero-order valence-corrected chi connectivity index (χ0v) is 15.7. The fourth-order valence-electron chi connectivity index (χ4n) is 3.10. The third kappa shape index (κ3) is 3.00. The van der Waals surface area contributed by atoms with Gasteiger partial charge in [0.2, 0.25) is 5.88 Å². The lowest BCUT2D eigenvalue weighted by atomic mass is 10.0. The summed E-state index contributed by atoms with van der Waals surface area (Å²) in [5.74, 6) is 2.62. The number of nitrogens with one attached hydrogen (secondary N) is 1. The minimum Gasteiger partial charge on any atom is -0.504 e. The molecular formula is C20H18N2O4S. The predicted octanol–water partition coefficient (Wildman–Crippen LogP) is 4.62. The molecule has 0 saturated carbocycles. The molecule has 1 aliphatic rings. The highest BCUT2D eigenvalue weighted by molar-refractivity contribution is 7.71. The lowest BCUT2D eigenvalue weighted by molar-refractivity contribution is 0.318. The van der Waals surface area contributed by atoms with Crippen molar-refractivity contribution < 1.29 is 19.3 Å². The Hall–Kier alpha value is -3.06. The van der Waals surface area contributed by atoms with Crippen LogP contribution in [0.4, 0.5) is 0 Å². The summed E-state index contributed by atoms with van der Waals surface area (Å²) in [4.78, 5) is 7.62.